The average molecular weight is 234 g/mol. The number of ether oxygens (including phenoxy) is 1. The first-order chi connectivity index (χ1) is 8.16. The molecule has 1 aliphatic carbocycles. The molecule has 0 bridgehead atoms. The van der Waals surface area contributed by atoms with Gasteiger partial charge in [-0.1, -0.05) is 18.9 Å². The summed E-state index contributed by atoms with van der Waals surface area (Å²) in [6, 6.07) is 5.93. The van der Waals surface area contributed by atoms with Gasteiger partial charge in [0.15, 0.2) is 0 Å². The van der Waals surface area contributed by atoms with Crippen molar-refractivity contribution in [1.29, 1.82) is 0 Å². The lowest BCUT2D eigenvalue weighted by Gasteiger charge is -2.14. The van der Waals surface area contributed by atoms with E-state index in [1.165, 1.54) is 25.7 Å². The molecule has 0 saturated heterocycles. The van der Waals surface area contributed by atoms with E-state index in [1.807, 2.05) is 25.1 Å². The molecule has 2 nitrogen and oxygen atoms in total. The Kier molecular flexibility index (Phi) is 4.06. The maximum absolute atomic E-state index is 9.50. The highest BCUT2D eigenvalue weighted by Gasteiger charge is 2.16. The molecule has 0 aliphatic heterocycles. The first-order valence-corrected chi connectivity index (χ1v) is 6.58. The van der Waals surface area contributed by atoms with E-state index in [1.54, 1.807) is 6.92 Å². The van der Waals surface area contributed by atoms with Crippen LogP contribution in [0.3, 0.4) is 0 Å². The molecule has 0 radical (unpaired) electrons. The van der Waals surface area contributed by atoms with Gasteiger partial charge in [0.05, 0.1) is 12.7 Å². The van der Waals surface area contributed by atoms with Crippen LogP contribution in [0.25, 0.3) is 0 Å². The summed E-state index contributed by atoms with van der Waals surface area (Å²) in [6.45, 7) is 4.67. The third-order valence-electron chi connectivity index (χ3n) is 3.63. The van der Waals surface area contributed by atoms with E-state index in [9.17, 15) is 5.11 Å². The van der Waals surface area contributed by atoms with Gasteiger partial charge >= 0.3 is 0 Å². The van der Waals surface area contributed by atoms with Gasteiger partial charge in [0.2, 0.25) is 0 Å². The van der Waals surface area contributed by atoms with Crippen molar-refractivity contribution in [3.63, 3.8) is 0 Å². The summed E-state index contributed by atoms with van der Waals surface area (Å²) < 4.78 is 5.87. The summed E-state index contributed by atoms with van der Waals surface area (Å²) in [4.78, 5) is 0. The standard InChI is InChI=1S/C15H22O2/c1-11-9-14(12(2)16)7-8-15(11)17-10-13-5-3-4-6-13/h7-9,12-13,16H,3-6,10H2,1-2H3/t12-/m1/s1. The predicted molar refractivity (Wildman–Crippen MR) is 69.3 cm³/mol. The summed E-state index contributed by atoms with van der Waals surface area (Å²) in [5.41, 5.74) is 2.07. The smallest absolute Gasteiger partial charge is 0.122 e. The molecular formula is C15H22O2. The molecule has 0 unspecified atom stereocenters. The molecule has 0 spiro atoms. The number of aliphatic hydroxyl groups is 1. The molecule has 1 aromatic carbocycles. The van der Waals surface area contributed by atoms with Gasteiger partial charge in [-0.15, -0.1) is 0 Å². The van der Waals surface area contributed by atoms with Crippen molar-refractivity contribution in [2.24, 2.45) is 5.92 Å². The van der Waals surface area contributed by atoms with E-state index in [2.05, 4.69) is 0 Å². The zero-order chi connectivity index (χ0) is 12.3. The molecule has 2 heteroatoms. The highest BCUT2D eigenvalue weighted by Crippen LogP contribution is 2.27. The second-order valence-corrected chi connectivity index (χ2v) is 5.16. The molecule has 0 aromatic heterocycles. The molecule has 94 valence electrons. The lowest BCUT2D eigenvalue weighted by molar-refractivity contribution is 0.199. The quantitative estimate of drug-likeness (QED) is 0.862. The van der Waals surface area contributed by atoms with Crippen LogP contribution in [0, 0.1) is 12.8 Å². The van der Waals surface area contributed by atoms with Crippen LogP contribution in [0.4, 0.5) is 0 Å². The van der Waals surface area contributed by atoms with Crippen molar-refractivity contribution in [3.8, 4) is 5.75 Å². The number of hydrogen-bond donors (Lipinski definition) is 1. The Labute approximate surface area is 104 Å². The molecule has 0 amide bonds. The van der Waals surface area contributed by atoms with E-state index in [-0.39, 0.29) is 0 Å². The van der Waals surface area contributed by atoms with Gasteiger partial charge in [0.1, 0.15) is 5.75 Å². The molecule has 1 aromatic rings. The average Bonchev–Trinajstić information content (AvgIpc) is 2.80. The van der Waals surface area contributed by atoms with Crippen molar-refractivity contribution in [2.75, 3.05) is 6.61 Å². The summed E-state index contributed by atoms with van der Waals surface area (Å²) in [5, 5.41) is 9.50. The second-order valence-electron chi connectivity index (χ2n) is 5.16. The van der Waals surface area contributed by atoms with Crippen LogP contribution in [0.5, 0.6) is 5.75 Å². The lowest BCUT2D eigenvalue weighted by atomic mass is 10.1. The van der Waals surface area contributed by atoms with E-state index < -0.39 is 6.10 Å². The normalized spacial score (nSPS) is 18.3. The summed E-state index contributed by atoms with van der Waals surface area (Å²) >= 11 is 0. The van der Waals surface area contributed by atoms with Crippen molar-refractivity contribution in [3.05, 3.63) is 29.3 Å². The van der Waals surface area contributed by atoms with Crippen LogP contribution in [-0.4, -0.2) is 11.7 Å². The summed E-state index contributed by atoms with van der Waals surface area (Å²) in [5.74, 6) is 1.70. The van der Waals surface area contributed by atoms with Gasteiger partial charge < -0.3 is 9.84 Å². The zero-order valence-electron chi connectivity index (χ0n) is 10.8. The minimum absolute atomic E-state index is 0.405. The van der Waals surface area contributed by atoms with Crippen LogP contribution in [0.15, 0.2) is 18.2 Å². The van der Waals surface area contributed by atoms with Crippen molar-refractivity contribution in [1.82, 2.24) is 0 Å². The monoisotopic (exact) mass is 234 g/mol. The number of aryl methyl sites for hydroxylation is 1. The summed E-state index contributed by atoms with van der Waals surface area (Å²) in [7, 11) is 0. The molecule has 1 fully saturated rings. The Morgan fingerprint density at radius 1 is 1.35 bits per heavy atom. The Morgan fingerprint density at radius 3 is 2.65 bits per heavy atom. The van der Waals surface area contributed by atoms with Gasteiger partial charge in [0.25, 0.3) is 0 Å². The molecular weight excluding hydrogens is 212 g/mol. The number of benzene rings is 1. The van der Waals surface area contributed by atoms with E-state index >= 15 is 0 Å². The van der Waals surface area contributed by atoms with Crippen LogP contribution < -0.4 is 4.74 Å². The van der Waals surface area contributed by atoms with Gasteiger partial charge in [-0.25, -0.2) is 0 Å². The highest BCUT2D eigenvalue weighted by atomic mass is 16.5. The zero-order valence-corrected chi connectivity index (χ0v) is 10.8. The van der Waals surface area contributed by atoms with Crippen molar-refractivity contribution in [2.45, 2.75) is 45.6 Å². The minimum atomic E-state index is -0.405. The SMILES string of the molecule is Cc1cc([C@@H](C)O)ccc1OCC1CCCC1. The molecule has 2 rings (SSSR count). The highest BCUT2D eigenvalue weighted by molar-refractivity contribution is 5.36. The third-order valence-corrected chi connectivity index (χ3v) is 3.63. The minimum Gasteiger partial charge on any atom is -0.493 e. The van der Waals surface area contributed by atoms with Gasteiger partial charge in [-0.2, -0.15) is 0 Å². The van der Waals surface area contributed by atoms with Crippen molar-refractivity contribution < 1.29 is 9.84 Å². The Bertz CT molecular complexity index is 365. The fourth-order valence-corrected chi connectivity index (χ4v) is 2.48. The van der Waals surface area contributed by atoms with E-state index in [0.717, 1.165) is 29.4 Å². The Balaban J connectivity index is 1.96. The van der Waals surface area contributed by atoms with Crippen LogP contribution >= 0.6 is 0 Å². The third kappa shape index (κ3) is 3.22. The lowest BCUT2D eigenvalue weighted by Crippen LogP contribution is -2.08. The summed E-state index contributed by atoms with van der Waals surface area (Å²) in [6.07, 6.45) is 4.93. The first kappa shape index (κ1) is 12.4. The first-order valence-electron chi connectivity index (χ1n) is 6.58. The fourth-order valence-electron chi connectivity index (χ4n) is 2.48. The van der Waals surface area contributed by atoms with Gasteiger partial charge in [-0.05, 0) is 55.9 Å². The predicted octanol–water partition coefficient (Wildman–Crippen LogP) is 3.62. The maximum atomic E-state index is 9.50. The fraction of sp³-hybridized carbons (Fsp3) is 0.600. The molecule has 1 atom stereocenters. The molecule has 1 N–H and O–H groups in total. The van der Waals surface area contributed by atoms with Crippen LogP contribution in [-0.2, 0) is 0 Å². The Hall–Kier alpha value is -1.02. The van der Waals surface area contributed by atoms with Gasteiger partial charge in [-0.3, -0.25) is 0 Å². The topological polar surface area (TPSA) is 29.5 Å². The molecule has 1 saturated carbocycles. The number of hydrogen-bond acceptors (Lipinski definition) is 2. The largest absolute Gasteiger partial charge is 0.493 e. The Morgan fingerprint density at radius 2 is 2.06 bits per heavy atom. The number of aliphatic hydroxyl groups excluding tert-OH is 1. The van der Waals surface area contributed by atoms with Crippen LogP contribution in [0.2, 0.25) is 0 Å². The van der Waals surface area contributed by atoms with Gasteiger partial charge in [0, 0.05) is 0 Å². The van der Waals surface area contributed by atoms with Crippen LogP contribution in [0.1, 0.15) is 49.8 Å². The molecule has 1 aliphatic rings. The van der Waals surface area contributed by atoms with Crippen molar-refractivity contribution >= 4 is 0 Å². The second kappa shape index (κ2) is 5.54. The van der Waals surface area contributed by atoms with E-state index in [0.29, 0.717) is 0 Å². The number of rotatable bonds is 4. The van der Waals surface area contributed by atoms with E-state index in [4.69, 9.17) is 4.74 Å². The maximum Gasteiger partial charge on any atom is 0.122 e. The molecule has 17 heavy (non-hydrogen) atoms. The molecule has 0 heterocycles.